The predicted molar refractivity (Wildman–Crippen MR) is 107 cm³/mol. The summed E-state index contributed by atoms with van der Waals surface area (Å²) in [7, 11) is 0. The molecule has 0 aliphatic carbocycles. The fraction of sp³-hybridized carbons (Fsp3) is 0.136. The van der Waals surface area contributed by atoms with Crippen molar-refractivity contribution in [2.24, 2.45) is 0 Å². The molecule has 4 nitrogen and oxygen atoms in total. The van der Waals surface area contributed by atoms with Gasteiger partial charge in [-0.25, -0.2) is 4.79 Å². The Bertz CT molecular complexity index is 1140. The third kappa shape index (κ3) is 3.93. The van der Waals surface area contributed by atoms with E-state index in [-0.39, 0.29) is 10.6 Å². The van der Waals surface area contributed by atoms with Gasteiger partial charge in [0.1, 0.15) is 0 Å². The highest BCUT2D eigenvalue weighted by Crippen LogP contribution is 2.44. The largest absolute Gasteiger partial charge is 0.478 e. The average Bonchev–Trinajstić information content (AvgIpc) is 2.69. The number of anilines is 2. The summed E-state index contributed by atoms with van der Waals surface area (Å²) < 4.78 is 44.3. The zero-order valence-electron chi connectivity index (χ0n) is 15.4. The lowest BCUT2D eigenvalue weighted by molar-refractivity contribution is -0.137. The second-order valence-corrected chi connectivity index (χ2v) is 7.26. The zero-order chi connectivity index (χ0) is 21.5. The summed E-state index contributed by atoms with van der Waals surface area (Å²) in [5.74, 6) is -0.0970. The van der Waals surface area contributed by atoms with Gasteiger partial charge in [-0.05, 0) is 60.4 Å². The monoisotopic (exact) mass is 433 g/mol. The van der Waals surface area contributed by atoms with E-state index in [1.807, 2.05) is 12.1 Å². The van der Waals surface area contributed by atoms with Gasteiger partial charge in [-0.3, -0.25) is 0 Å². The van der Waals surface area contributed by atoms with Crippen LogP contribution in [0.4, 0.5) is 24.5 Å². The van der Waals surface area contributed by atoms with E-state index in [4.69, 9.17) is 16.3 Å². The number of para-hydroxylation sites is 1. The first-order chi connectivity index (χ1) is 14.2. The minimum absolute atomic E-state index is 0.112. The first kappa shape index (κ1) is 20.1. The number of nitrogens with one attached hydrogen (secondary N) is 1. The van der Waals surface area contributed by atoms with E-state index in [1.165, 1.54) is 18.2 Å². The van der Waals surface area contributed by atoms with Gasteiger partial charge in [-0.15, -0.1) is 0 Å². The second kappa shape index (κ2) is 7.57. The molecule has 0 bridgehead atoms. The second-order valence-electron chi connectivity index (χ2n) is 6.85. The number of benzene rings is 3. The van der Waals surface area contributed by atoms with Crippen molar-refractivity contribution >= 4 is 28.9 Å². The molecule has 3 aromatic carbocycles. The third-order valence-electron chi connectivity index (χ3n) is 4.82. The molecule has 1 aliphatic heterocycles. The van der Waals surface area contributed by atoms with Crippen LogP contribution in [0.2, 0.25) is 5.02 Å². The molecule has 0 amide bonds. The maximum Gasteiger partial charge on any atom is 0.417 e. The van der Waals surface area contributed by atoms with Gasteiger partial charge in [-0.1, -0.05) is 29.8 Å². The van der Waals surface area contributed by atoms with E-state index >= 15 is 0 Å². The molecule has 30 heavy (non-hydrogen) atoms. The van der Waals surface area contributed by atoms with Crippen molar-refractivity contribution in [2.75, 3.05) is 5.32 Å². The summed E-state index contributed by atoms with van der Waals surface area (Å²) in [5.41, 5.74) is 1.91. The molecule has 0 atom stereocenters. The Balaban J connectivity index is 1.51. The smallest absolute Gasteiger partial charge is 0.417 e. The van der Waals surface area contributed by atoms with Crippen molar-refractivity contribution in [3.63, 3.8) is 0 Å². The molecule has 0 saturated heterocycles. The molecule has 0 fully saturated rings. The zero-order valence-corrected chi connectivity index (χ0v) is 16.1. The van der Waals surface area contributed by atoms with Crippen LogP contribution in [0.15, 0.2) is 54.6 Å². The summed E-state index contributed by atoms with van der Waals surface area (Å²) in [6.07, 6.45) is -3.40. The number of carbonyl (C=O) groups is 1. The van der Waals surface area contributed by atoms with Gasteiger partial charge < -0.3 is 15.2 Å². The van der Waals surface area contributed by atoms with Crippen molar-refractivity contribution in [1.29, 1.82) is 0 Å². The van der Waals surface area contributed by atoms with Crippen LogP contribution in [-0.4, -0.2) is 11.1 Å². The number of alkyl halides is 3. The maximum atomic E-state index is 12.8. The van der Waals surface area contributed by atoms with Gasteiger partial charge >= 0.3 is 12.1 Å². The van der Waals surface area contributed by atoms with Crippen LogP contribution in [0.3, 0.4) is 0 Å². The van der Waals surface area contributed by atoms with Gasteiger partial charge in [-0.2, -0.15) is 13.2 Å². The Morgan fingerprint density at radius 3 is 2.37 bits per heavy atom. The first-order valence-corrected chi connectivity index (χ1v) is 9.40. The number of aromatic carboxylic acids is 1. The molecule has 8 heteroatoms. The van der Waals surface area contributed by atoms with E-state index in [1.54, 1.807) is 18.2 Å². The van der Waals surface area contributed by atoms with Crippen molar-refractivity contribution in [1.82, 2.24) is 0 Å². The Labute approximate surface area is 174 Å². The average molecular weight is 434 g/mol. The van der Waals surface area contributed by atoms with Gasteiger partial charge in [0, 0.05) is 0 Å². The molecule has 4 rings (SSSR count). The molecule has 1 heterocycles. The number of fused-ring (bicyclic) bond motifs is 2. The predicted octanol–water partition coefficient (Wildman–Crippen LogP) is 6.69. The van der Waals surface area contributed by atoms with Crippen molar-refractivity contribution in [3.05, 3.63) is 81.9 Å². The SMILES string of the molecule is O=C(O)c1cccc2c1Nc1ccc(CCc3ccc(C(F)(F)F)c(Cl)c3)cc1O2. The van der Waals surface area contributed by atoms with Crippen molar-refractivity contribution < 1.29 is 27.8 Å². The fourth-order valence-electron chi connectivity index (χ4n) is 3.32. The third-order valence-corrected chi connectivity index (χ3v) is 5.14. The van der Waals surface area contributed by atoms with Crippen LogP contribution in [0.5, 0.6) is 11.5 Å². The highest BCUT2D eigenvalue weighted by molar-refractivity contribution is 6.31. The number of halogens is 4. The summed E-state index contributed by atoms with van der Waals surface area (Å²) >= 11 is 5.78. The van der Waals surface area contributed by atoms with Gasteiger partial charge in [0.25, 0.3) is 0 Å². The lowest BCUT2D eigenvalue weighted by atomic mass is 10.0. The van der Waals surface area contributed by atoms with E-state index in [9.17, 15) is 23.1 Å². The number of hydrogen-bond acceptors (Lipinski definition) is 3. The molecule has 0 unspecified atom stereocenters. The molecule has 0 radical (unpaired) electrons. The number of carboxylic acids is 1. The lowest BCUT2D eigenvalue weighted by Crippen LogP contribution is -2.09. The molecule has 0 spiro atoms. The number of carboxylic acid groups (broad SMARTS) is 1. The molecular formula is C22H15ClF3NO3. The molecule has 1 aliphatic rings. The Hall–Kier alpha value is -3.19. The summed E-state index contributed by atoms with van der Waals surface area (Å²) in [4.78, 5) is 11.4. The Morgan fingerprint density at radius 1 is 1.00 bits per heavy atom. The topological polar surface area (TPSA) is 58.6 Å². The van der Waals surface area contributed by atoms with Gasteiger partial charge in [0.15, 0.2) is 11.5 Å². The van der Waals surface area contributed by atoms with E-state index in [2.05, 4.69) is 5.32 Å². The van der Waals surface area contributed by atoms with Crippen LogP contribution in [0.1, 0.15) is 27.0 Å². The van der Waals surface area contributed by atoms with Gasteiger partial charge in [0.05, 0.1) is 27.5 Å². The summed E-state index contributed by atoms with van der Waals surface area (Å²) in [5, 5.41) is 12.1. The highest BCUT2D eigenvalue weighted by atomic mass is 35.5. The molecular weight excluding hydrogens is 419 g/mol. The van der Waals surface area contributed by atoms with Crippen LogP contribution in [0, 0.1) is 0 Å². The van der Waals surface area contributed by atoms with E-state index in [0.717, 1.165) is 11.6 Å². The molecule has 0 saturated carbocycles. The van der Waals surface area contributed by atoms with E-state index < -0.39 is 17.7 Å². The van der Waals surface area contributed by atoms with E-state index in [0.29, 0.717) is 41.3 Å². The molecule has 2 N–H and O–H groups in total. The normalized spacial score (nSPS) is 12.4. The van der Waals surface area contributed by atoms with Crippen LogP contribution >= 0.6 is 11.6 Å². The number of rotatable bonds is 4. The van der Waals surface area contributed by atoms with Gasteiger partial charge in [0.2, 0.25) is 0 Å². The molecule has 3 aromatic rings. The highest BCUT2D eigenvalue weighted by Gasteiger charge is 2.33. The summed E-state index contributed by atoms with van der Waals surface area (Å²) in [6.45, 7) is 0. The van der Waals surface area contributed by atoms with Crippen molar-refractivity contribution in [2.45, 2.75) is 19.0 Å². The Morgan fingerprint density at radius 2 is 1.70 bits per heavy atom. The Kier molecular flexibility index (Phi) is 5.07. The molecule has 154 valence electrons. The number of ether oxygens (including phenoxy) is 1. The quantitative estimate of drug-likeness (QED) is 0.376. The number of aryl methyl sites for hydroxylation is 2. The van der Waals surface area contributed by atoms with Crippen LogP contribution < -0.4 is 10.1 Å². The minimum atomic E-state index is -4.48. The summed E-state index contributed by atoms with van der Waals surface area (Å²) in [6, 6.07) is 14.0. The fourth-order valence-corrected chi connectivity index (χ4v) is 3.63. The first-order valence-electron chi connectivity index (χ1n) is 9.02. The minimum Gasteiger partial charge on any atom is -0.478 e. The maximum absolute atomic E-state index is 12.8. The lowest BCUT2D eigenvalue weighted by Gasteiger charge is -2.23. The number of hydrogen-bond donors (Lipinski definition) is 2. The van der Waals surface area contributed by atoms with Crippen molar-refractivity contribution in [3.8, 4) is 11.5 Å². The standard InChI is InChI=1S/C22H15ClF3NO3/c23-16-10-12(6-8-15(16)22(24,25)26)4-5-13-7-9-17-19(11-13)30-18-3-1-2-14(21(28)29)20(18)27-17/h1-3,6-11,27H,4-5H2,(H,28,29). The van der Waals surface area contributed by atoms with Crippen LogP contribution in [-0.2, 0) is 19.0 Å². The molecule has 0 aromatic heterocycles. The van der Waals surface area contributed by atoms with Crippen LogP contribution in [0.25, 0.3) is 0 Å².